The van der Waals surface area contributed by atoms with Crippen LogP contribution < -0.4 is 0 Å². The van der Waals surface area contributed by atoms with Crippen LogP contribution in [0.15, 0.2) is 170 Å². The molecule has 1 aliphatic rings. The van der Waals surface area contributed by atoms with Crippen LogP contribution in [0.25, 0.3) is 83.9 Å². The van der Waals surface area contributed by atoms with Crippen molar-refractivity contribution in [2.75, 3.05) is 0 Å². The number of hydrogen-bond acceptors (Lipinski definition) is 4. The Kier molecular flexibility index (Phi) is 6.58. The van der Waals surface area contributed by atoms with Crippen molar-refractivity contribution >= 4 is 27.6 Å². The van der Waals surface area contributed by atoms with Gasteiger partial charge in [0.05, 0.1) is 16.7 Å². The summed E-state index contributed by atoms with van der Waals surface area (Å²) in [5.74, 6) is 1.67. The van der Waals surface area contributed by atoms with E-state index in [1.165, 1.54) is 5.56 Å². The second-order valence-corrected chi connectivity index (χ2v) is 12.7. The highest BCUT2D eigenvalue weighted by atomic mass is 16.1. The number of carbonyl (C=O) groups is 1. The summed E-state index contributed by atoms with van der Waals surface area (Å²) in [7, 11) is 0. The van der Waals surface area contributed by atoms with Crippen LogP contribution in [-0.4, -0.2) is 25.3 Å². The van der Waals surface area contributed by atoms with Crippen molar-refractivity contribution in [2.45, 2.75) is 0 Å². The van der Waals surface area contributed by atoms with Gasteiger partial charge in [0.1, 0.15) is 0 Å². The molecule has 9 aromatic rings. The smallest absolute Gasteiger partial charge is 0.194 e. The minimum Gasteiger partial charge on any atom is -0.309 e. The first-order chi connectivity index (χ1) is 25.2. The van der Waals surface area contributed by atoms with Gasteiger partial charge in [-0.1, -0.05) is 146 Å². The molecule has 0 spiro atoms. The van der Waals surface area contributed by atoms with E-state index in [1.807, 2.05) is 97.1 Å². The van der Waals surface area contributed by atoms with Crippen LogP contribution in [0.5, 0.6) is 0 Å². The number of nitrogens with zero attached hydrogens (tertiary/aromatic N) is 4. The third-order valence-corrected chi connectivity index (χ3v) is 9.81. The number of rotatable bonds is 5. The molecular formula is C46H28N4O. The second kappa shape index (κ2) is 11.6. The maximum Gasteiger partial charge on any atom is 0.194 e. The van der Waals surface area contributed by atoms with Crippen LogP contribution in [0.1, 0.15) is 15.9 Å². The number of carbonyl (C=O) groups excluding carboxylic acids is 1. The van der Waals surface area contributed by atoms with Gasteiger partial charge in [-0.3, -0.25) is 4.79 Å². The summed E-state index contributed by atoms with van der Waals surface area (Å²) >= 11 is 0. The fourth-order valence-electron chi connectivity index (χ4n) is 7.49. The molecule has 2 heterocycles. The Morgan fingerprint density at radius 3 is 1.59 bits per heavy atom. The van der Waals surface area contributed by atoms with Gasteiger partial charge in [-0.15, -0.1) is 0 Å². The van der Waals surface area contributed by atoms with Gasteiger partial charge in [0, 0.05) is 49.7 Å². The zero-order valence-electron chi connectivity index (χ0n) is 27.4. The number of hydrogen-bond donors (Lipinski definition) is 0. The first kappa shape index (κ1) is 29.0. The zero-order valence-corrected chi connectivity index (χ0v) is 27.4. The fraction of sp³-hybridized carbons (Fsp3) is 0. The van der Waals surface area contributed by atoms with Crippen molar-refractivity contribution in [2.24, 2.45) is 0 Å². The Labute approximate surface area is 294 Å². The first-order valence-corrected chi connectivity index (χ1v) is 17.0. The molecular weight excluding hydrogens is 625 g/mol. The summed E-state index contributed by atoms with van der Waals surface area (Å²) in [4.78, 5) is 29.3. The van der Waals surface area contributed by atoms with Crippen LogP contribution in [0.3, 0.4) is 0 Å². The Morgan fingerprint density at radius 2 is 0.902 bits per heavy atom. The van der Waals surface area contributed by atoms with E-state index in [9.17, 15) is 4.79 Å². The molecule has 238 valence electrons. The Balaban J connectivity index is 1.23. The molecule has 5 heteroatoms. The summed E-state index contributed by atoms with van der Waals surface area (Å²) < 4.78 is 2.30. The highest BCUT2D eigenvalue weighted by molar-refractivity contribution is 6.25. The number of para-hydroxylation sites is 1. The van der Waals surface area contributed by atoms with Crippen LogP contribution >= 0.6 is 0 Å². The summed E-state index contributed by atoms with van der Waals surface area (Å²) in [6, 6.07) is 57.4. The lowest BCUT2D eigenvalue weighted by atomic mass is 9.97. The molecule has 51 heavy (non-hydrogen) atoms. The summed E-state index contributed by atoms with van der Waals surface area (Å²) in [6.07, 6.45) is 0. The molecule has 5 nitrogen and oxygen atoms in total. The van der Waals surface area contributed by atoms with Gasteiger partial charge in [0.25, 0.3) is 0 Å². The molecule has 0 saturated heterocycles. The highest BCUT2D eigenvalue weighted by Gasteiger charge is 2.33. The molecule has 0 unspecified atom stereocenters. The van der Waals surface area contributed by atoms with E-state index in [0.717, 1.165) is 60.9 Å². The Hall–Kier alpha value is -6.98. The third-order valence-electron chi connectivity index (χ3n) is 9.81. The second-order valence-electron chi connectivity index (χ2n) is 12.7. The van der Waals surface area contributed by atoms with Gasteiger partial charge in [-0.2, -0.15) is 0 Å². The first-order valence-electron chi connectivity index (χ1n) is 17.0. The molecule has 0 fully saturated rings. The third kappa shape index (κ3) is 4.63. The van der Waals surface area contributed by atoms with Gasteiger partial charge in [-0.25, -0.2) is 15.0 Å². The minimum absolute atomic E-state index is 0.00328. The topological polar surface area (TPSA) is 60.7 Å². The van der Waals surface area contributed by atoms with Crippen molar-refractivity contribution < 1.29 is 4.79 Å². The van der Waals surface area contributed by atoms with Crippen molar-refractivity contribution in [1.82, 2.24) is 19.5 Å². The van der Waals surface area contributed by atoms with Crippen LogP contribution in [-0.2, 0) is 0 Å². The molecule has 0 aliphatic heterocycles. The highest BCUT2D eigenvalue weighted by Crippen LogP contribution is 2.47. The van der Waals surface area contributed by atoms with Crippen molar-refractivity contribution in [3.63, 3.8) is 0 Å². The van der Waals surface area contributed by atoms with Gasteiger partial charge >= 0.3 is 0 Å². The largest absolute Gasteiger partial charge is 0.309 e. The maximum atomic E-state index is 14.2. The lowest BCUT2D eigenvalue weighted by Crippen LogP contribution is -2.02. The maximum absolute atomic E-state index is 14.2. The average molecular weight is 653 g/mol. The minimum atomic E-state index is -0.00328. The number of aromatic nitrogens is 4. The molecule has 0 amide bonds. The number of ketones is 1. The summed E-state index contributed by atoms with van der Waals surface area (Å²) in [5, 5.41) is 2.30. The zero-order chi connectivity index (χ0) is 33.9. The summed E-state index contributed by atoms with van der Waals surface area (Å²) in [6.45, 7) is 0. The molecule has 0 atom stereocenters. The fourth-order valence-corrected chi connectivity index (χ4v) is 7.49. The van der Waals surface area contributed by atoms with Crippen molar-refractivity contribution in [3.05, 3.63) is 181 Å². The van der Waals surface area contributed by atoms with Crippen molar-refractivity contribution in [1.29, 1.82) is 0 Å². The van der Waals surface area contributed by atoms with Crippen LogP contribution in [0.2, 0.25) is 0 Å². The molecule has 0 bridgehead atoms. The average Bonchev–Trinajstić information content (AvgIpc) is 3.70. The number of fused-ring (bicyclic) bond motifs is 6. The number of benzene rings is 7. The van der Waals surface area contributed by atoms with E-state index in [4.69, 9.17) is 15.0 Å². The lowest BCUT2D eigenvalue weighted by molar-refractivity contribution is 0.104. The van der Waals surface area contributed by atoms with E-state index in [1.54, 1.807) is 0 Å². The molecule has 0 radical (unpaired) electrons. The normalized spacial score (nSPS) is 12.0. The van der Waals surface area contributed by atoms with E-state index in [-0.39, 0.29) is 5.78 Å². The van der Waals surface area contributed by atoms with Gasteiger partial charge in [0.2, 0.25) is 0 Å². The molecule has 2 aromatic heterocycles. The van der Waals surface area contributed by atoms with E-state index >= 15 is 0 Å². The monoisotopic (exact) mass is 652 g/mol. The SMILES string of the molecule is O=C1c2cccc(-c3nc(-c4ccccc4)nc(-c4ccccc4)n3)c2-c2c1cccc2-n1c2ccccc2c2cc(-c3ccccc3)ccc21. The van der Waals surface area contributed by atoms with Gasteiger partial charge in [-0.05, 0) is 35.4 Å². The van der Waals surface area contributed by atoms with Gasteiger partial charge in [0.15, 0.2) is 23.3 Å². The summed E-state index contributed by atoms with van der Waals surface area (Å²) in [5.41, 5.74) is 11.0. The van der Waals surface area contributed by atoms with E-state index < -0.39 is 0 Å². The molecule has 0 saturated carbocycles. The molecule has 7 aromatic carbocycles. The predicted octanol–water partition coefficient (Wildman–Crippen LogP) is 10.8. The lowest BCUT2D eigenvalue weighted by Gasteiger charge is -2.16. The standard InChI is InChI=1S/C46H28N4O/c51-43-34-21-12-23-36(46-48-44(30-16-6-2-7-17-30)47-45(49-46)31-18-8-3-9-19-31)41(34)42-35(43)22-13-25-40(42)50-38-24-11-10-20-33(38)37-28-32(26-27-39(37)50)29-14-4-1-5-15-29/h1-28H. The van der Waals surface area contributed by atoms with Crippen LogP contribution in [0, 0.1) is 0 Å². The molecule has 10 rings (SSSR count). The van der Waals surface area contributed by atoms with Crippen molar-refractivity contribution in [3.8, 4) is 62.1 Å². The molecule has 1 aliphatic carbocycles. The van der Waals surface area contributed by atoms with Gasteiger partial charge < -0.3 is 4.57 Å². The van der Waals surface area contributed by atoms with E-state index in [0.29, 0.717) is 28.6 Å². The Bertz CT molecular complexity index is 2750. The van der Waals surface area contributed by atoms with E-state index in [2.05, 4.69) is 77.4 Å². The quantitative estimate of drug-likeness (QED) is 0.186. The molecule has 0 N–H and O–H groups in total. The Morgan fingerprint density at radius 1 is 0.373 bits per heavy atom. The van der Waals surface area contributed by atoms with Crippen LogP contribution in [0.4, 0.5) is 0 Å². The predicted molar refractivity (Wildman–Crippen MR) is 205 cm³/mol.